The number of nitrogens with one attached hydrogen (secondary N) is 1. The molecule has 0 aliphatic heterocycles. The van der Waals surface area contributed by atoms with Crippen LogP contribution >= 0.6 is 34.3 Å². The van der Waals surface area contributed by atoms with Gasteiger partial charge in [0.25, 0.3) is 0 Å². The minimum absolute atomic E-state index is 0.354. The van der Waals surface area contributed by atoms with E-state index in [1.54, 1.807) is 34.8 Å². The maximum atomic E-state index is 14.0. The highest BCUT2D eigenvalue weighted by Crippen LogP contribution is 2.36. The van der Waals surface area contributed by atoms with Gasteiger partial charge in [0.2, 0.25) is 0 Å². The molecule has 6 heteroatoms. The number of hydrogen-bond donors (Lipinski definition) is 2. The summed E-state index contributed by atoms with van der Waals surface area (Å²) in [6.45, 7) is 0. The maximum Gasteiger partial charge on any atom is 0.129 e. The summed E-state index contributed by atoms with van der Waals surface area (Å²) in [5, 5.41) is 2.42. The van der Waals surface area contributed by atoms with E-state index >= 15 is 0 Å². The number of halogens is 2. The Morgan fingerprint density at radius 3 is 2.74 bits per heavy atom. The fraction of sp³-hybridized carbons (Fsp3) is 0.0769. The molecule has 2 nitrogen and oxygen atoms in total. The summed E-state index contributed by atoms with van der Waals surface area (Å²) in [6, 6.07) is 8.37. The van der Waals surface area contributed by atoms with Gasteiger partial charge in [0.15, 0.2) is 0 Å². The number of thiophene rings is 2. The van der Waals surface area contributed by atoms with Crippen LogP contribution in [0.3, 0.4) is 0 Å². The second-order valence-electron chi connectivity index (χ2n) is 4.06. The molecule has 0 radical (unpaired) electrons. The minimum Gasteiger partial charge on any atom is -0.271 e. The summed E-state index contributed by atoms with van der Waals surface area (Å²) in [4.78, 5) is 0.991. The normalized spacial score (nSPS) is 13.0. The fourth-order valence-electron chi connectivity index (χ4n) is 1.99. The van der Waals surface area contributed by atoms with E-state index in [0.717, 1.165) is 4.88 Å². The van der Waals surface area contributed by atoms with Gasteiger partial charge in [0.05, 0.1) is 6.04 Å². The molecule has 0 aliphatic carbocycles. The molecule has 0 aliphatic rings. The Morgan fingerprint density at radius 1 is 1.21 bits per heavy atom. The molecule has 0 bridgehead atoms. The van der Waals surface area contributed by atoms with Crippen LogP contribution in [0.25, 0.3) is 9.40 Å². The molecule has 1 atom stereocenters. The first-order valence-corrected chi connectivity index (χ1v) is 7.64. The number of hydrogen-bond acceptors (Lipinski definition) is 4. The van der Waals surface area contributed by atoms with Crippen molar-refractivity contribution in [3.63, 3.8) is 0 Å². The highest BCUT2D eigenvalue weighted by Gasteiger charge is 2.19. The first-order chi connectivity index (χ1) is 9.19. The zero-order valence-electron chi connectivity index (χ0n) is 9.69. The number of hydrazine groups is 1. The lowest BCUT2D eigenvalue weighted by molar-refractivity contribution is 0.564. The van der Waals surface area contributed by atoms with Crippen LogP contribution in [0.2, 0.25) is 5.02 Å². The lowest BCUT2D eigenvalue weighted by atomic mass is 10.1. The molecule has 3 rings (SSSR count). The molecule has 19 heavy (non-hydrogen) atoms. The van der Waals surface area contributed by atoms with Gasteiger partial charge in [-0.2, -0.15) is 0 Å². The lowest BCUT2D eigenvalue weighted by Gasteiger charge is -2.15. The largest absolute Gasteiger partial charge is 0.271 e. The Morgan fingerprint density at radius 2 is 2.05 bits per heavy atom. The zero-order valence-corrected chi connectivity index (χ0v) is 12.1. The van der Waals surface area contributed by atoms with Crippen LogP contribution < -0.4 is 11.3 Å². The first-order valence-electron chi connectivity index (χ1n) is 5.57. The standard InChI is InChI=1S/C13H10ClFN2S2/c14-7-1-2-8(9(15)5-7)13(17-16)12-6-11-10(19-12)3-4-18-11/h1-6,13,17H,16H2. The van der Waals surface area contributed by atoms with Crippen molar-refractivity contribution in [3.8, 4) is 0 Å². The van der Waals surface area contributed by atoms with E-state index < -0.39 is 0 Å². The van der Waals surface area contributed by atoms with Gasteiger partial charge in [0.1, 0.15) is 5.82 Å². The number of nitrogens with two attached hydrogens (primary N) is 1. The Kier molecular flexibility index (Phi) is 3.56. The second kappa shape index (κ2) is 5.19. The summed E-state index contributed by atoms with van der Waals surface area (Å²) in [7, 11) is 0. The molecule has 2 heterocycles. The average Bonchev–Trinajstić information content (AvgIpc) is 2.93. The Balaban J connectivity index is 2.06. The molecule has 2 aromatic heterocycles. The summed E-state index contributed by atoms with van der Waals surface area (Å²) >= 11 is 9.05. The monoisotopic (exact) mass is 312 g/mol. The molecule has 0 saturated heterocycles. The molecular weight excluding hydrogens is 303 g/mol. The van der Waals surface area contributed by atoms with E-state index in [4.69, 9.17) is 17.4 Å². The summed E-state index contributed by atoms with van der Waals surface area (Å²) in [6.07, 6.45) is 0. The second-order valence-corrected chi connectivity index (χ2v) is 6.56. The number of rotatable bonds is 3. The van der Waals surface area contributed by atoms with Gasteiger partial charge in [-0.05, 0) is 29.6 Å². The third-order valence-corrected chi connectivity index (χ3v) is 5.28. The lowest BCUT2D eigenvalue weighted by Crippen LogP contribution is -2.28. The molecule has 98 valence electrons. The average molecular weight is 313 g/mol. The molecule has 3 N–H and O–H groups in total. The van der Waals surface area contributed by atoms with Crippen molar-refractivity contribution in [1.82, 2.24) is 5.43 Å². The van der Waals surface area contributed by atoms with Crippen molar-refractivity contribution < 1.29 is 4.39 Å². The van der Waals surface area contributed by atoms with Gasteiger partial charge in [0, 0.05) is 24.9 Å². The highest BCUT2D eigenvalue weighted by atomic mass is 35.5. The van der Waals surface area contributed by atoms with Gasteiger partial charge < -0.3 is 0 Å². The predicted molar refractivity (Wildman–Crippen MR) is 80.3 cm³/mol. The summed E-state index contributed by atoms with van der Waals surface area (Å²) in [5.41, 5.74) is 3.18. The molecular formula is C13H10ClFN2S2. The Hall–Kier alpha value is -0.980. The van der Waals surface area contributed by atoms with E-state index in [1.165, 1.54) is 15.5 Å². The fourth-order valence-corrected chi connectivity index (χ4v) is 4.35. The Labute approximate surface area is 122 Å². The molecule has 0 fully saturated rings. The zero-order chi connectivity index (χ0) is 13.4. The van der Waals surface area contributed by atoms with Crippen molar-refractivity contribution >= 4 is 43.7 Å². The molecule has 1 aromatic carbocycles. The molecule has 0 amide bonds. The smallest absolute Gasteiger partial charge is 0.129 e. The Bertz CT molecular complexity index is 694. The van der Waals surface area contributed by atoms with E-state index in [9.17, 15) is 4.39 Å². The first kappa shape index (κ1) is 13.0. The maximum absolute atomic E-state index is 14.0. The minimum atomic E-state index is -0.359. The highest BCUT2D eigenvalue weighted by molar-refractivity contribution is 7.27. The van der Waals surface area contributed by atoms with Gasteiger partial charge in [-0.1, -0.05) is 17.7 Å². The van der Waals surface area contributed by atoms with Crippen molar-refractivity contribution in [3.05, 3.63) is 57.0 Å². The van der Waals surface area contributed by atoms with Gasteiger partial charge in [-0.25, -0.2) is 9.82 Å². The van der Waals surface area contributed by atoms with E-state index in [2.05, 4.69) is 11.5 Å². The predicted octanol–water partition coefficient (Wildman–Crippen LogP) is 4.31. The summed E-state index contributed by atoms with van der Waals surface area (Å²) < 4.78 is 16.4. The van der Waals surface area contributed by atoms with Crippen molar-refractivity contribution in [2.24, 2.45) is 5.84 Å². The van der Waals surface area contributed by atoms with Crippen molar-refractivity contribution in [2.45, 2.75) is 6.04 Å². The number of benzene rings is 1. The van der Waals surface area contributed by atoms with Gasteiger partial charge >= 0.3 is 0 Å². The van der Waals surface area contributed by atoms with Crippen LogP contribution in [0.1, 0.15) is 16.5 Å². The van der Waals surface area contributed by atoms with Crippen LogP contribution in [0.4, 0.5) is 4.39 Å². The van der Waals surface area contributed by atoms with Crippen molar-refractivity contribution in [2.75, 3.05) is 0 Å². The van der Waals surface area contributed by atoms with E-state index in [-0.39, 0.29) is 11.9 Å². The molecule has 1 unspecified atom stereocenters. The topological polar surface area (TPSA) is 38.0 Å². The van der Waals surface area contributed by atoms with Crippen molar-refractivity contribution in [1.29, 1.82) is 0 Å². The van der Waals surface area contributed by atoms with Gasteiger partial charge in [-0.15, -0.1) is 22.7 Å². The number of fused-ring (bicyclic) bond motifs is 1. The third-order valence-electron chi connectivity index (χ3n) is 2.88. The van der Waals surface area contributed by atoms with Crippen LogP contribution in [0.15, 0.2) is 35.7 Å². The van der Waals surface area contributed by atoms with E-state index in [0.29, 0.717) is 10.6 Å². The quantitative estimate of drug-likeness (QED) is 0.559. The third kappa shape index (κ3) is 2.40. The van der Waals surface area contributed by atoms with Crippen LogP contribution in [0.5, 0.6) is 0 Å². The van der Waals surface area contributed by atoms with E-state index in [1.807, 2.05) is 11.4 Å². The van der Waals surface area contributed by atoms with Crippen LogP contribution in [-0.2, 0) is 0 Å². The molecule has 3 aromatic rings. The SMILES string of the molecule is NNC(c1cc2sccc2s1)c1ccc(Cl)cc1F. The van der Waals surface area contributed by atoms with Crippen LogP contribution in [0, 0.1) is 5.82 Å². The molecule has 0 saturated carbocycles. The van der Waals surface area contributed by atoms with Gasteiger partial charge in [-0.3, -0.25) is 5.84 Å². The molecule has 0 spiro atoms. The van der Waals surface area contributed by atoms with Crippen LogP contribution in [-0.4, -0.2) is 0 Å². The summed E-state index contributed by atoms with van der Waals surface area (Å²) in [5.74, 6) is 5.24.